The molecule has 7 heteroatoms. The maximum absolute atomic E-state index is 13.0. The van der Waals surface area contributed by atoms with Crippen molar-refractivity contribution in [1.82, 2.24) is 10.9 Å². The number of hydrogen-bond donors (Lipinski definition) is 3. The molecule has 7 nitrogen and oxygen atoms in total. The van der Waals surface area contributed by atoms with Crippen molar-refractivity contribution in [2.45, 2.75) is 40.0 Å². The predicted octanol–water partition coefficient (Wildman–Crippen LogP) is 3.62. The molecule has 3 N–H and O–H groups in total. The fourth-order valence-electron chi connectivity index (χ4n) is 3.15. The minimum atomic E-state index is -0.430. The summed E-state index contributed by atoms with van der Waals surface area (Å²) in [6.07, 6.45) is 0. The summed E-state index contributed by atoms with van der Waals surface area (Å²) in [6.45, 7) is 9.84. The number of hydrazone groups is 1. The van der Waals surface area contributed by atoms with E-state index in [1.165, 1.54) is 22.7 Å². The Labute approximate surface area is 176 Å². The van der Waals surface area contributed by atoms with Crippen molar-refractivity contribution in [2.24, 2.45) is 5.10 Å². The number of amides is 2. The predicted molar refractivity (Wildman–Crippen MR) is 117 cm³/mol. The van der Waals surface area contributed by atoms with Crippen LogP contribution in [0.15, 0.2) is 64.9 Å². The van der Waals surface area contributed by atoms with E-state index >= 15 is 0 Å². The third-order valence-electron chi connectivity index (χ3n) is 4.84. The van der Waals surface area contributed by atoms with Gasteiger partial charge in [-0.15, -0.1) is 0 Å². The van der Waals surface area contributed by atoms with Gasteiger partial charge in [-0.3, -0.25) is 15.0 Å². The van der Waals surface area contributed by atoms with Crippen LogP contribution in [-0.4, -0.2) is 22.6 Å². The summed E-state index contributed by atoms with van der Waals surface area (Å²) < 4.78 is 0. The summed E-state index contributed by atoms with van der Waals surface area (Å²) in [7, 11) is 0. The summed E-state index contributed by atoms with van der Waals surface area (Å²) in [6, 6.07) is 13.7. The maximum Gasteiger partial charge on any atom is 0.282 e. The number of aromatic hydroxyl groups is 1. The van der Waals surface area contributed by atoms with Gasteiger partial charge < -0.3 is 10.5 Å². The molecule has 2 amide bonds. The van der Waals surface area contributed by atoms with Crippen LogP contribution in [0.1, 0.15) is 50.5 Å². The Balaban J connectivity index is 1.75. The Morgan fingerprint density at radius 3 is 2.33 bits per heavy atom. The van der Waals surface area contributed by atoms with E-state index < -0.39 is 5.91 Å². The van der Waals surface area contributed by atoms with Crippen molar-refractivity contribution < 1.29 is 14.7 Å². The van der Waals surface area contributed by atoms with Gasteiger partial charge in [0.1, 0.15) is 5.75 Å². The van der Waals surface area contributed by atoms with Gasteiger partial charge in [0, 0.05) is 11.3 Å². The molecule has 156 valence electrons. The molecule has 3 rings (SSSR count). The van der Waals surface area contributed by atoms with Crippen LogP contribution in [-0.2, 0) is 10.2 Å². The van der Waals surface area contributed by atoms with Gasteiger partial charge in [-0.2, -0.15) is 10.1 Å². The molecule has 30 heavy (non-hydrogen) atoms. The molecule has 0 unspecified atom stereocenters. The van der Waals surface area contributed by atoms with Gasteiger partial charge in [0.2, 0.25) is 0 Å². The molecule has 0 fully saturated rings. The van der Waals surface area contributed by atoms with Crippen molar-refractivity contribution in [1.29, 1.82) is 0 Å². The van der Waals surface area contributed by atoms with Crippen LogP contribution < -0.4 is 15.9 Å². The Morgan fingerprint density at radius 2 is 1.73 bits per heavy atom. The Morgan fingerprint density at radius 1 is 1.07 bits per heavy atom. The van der Waals surface area contributed by atoms with Gasteiger partial charge in [-0.1, -0.05) is 39.0 Å². The van der Waals surface area contributed by atoms with Gasteiger partial charge in [0.15, 0.2) is 0 Å². The minimum Gasteiger partial charge on any atom is -0.508 e. The number of nitrogens with zero attached hydrogens (tertiary/aromatic N) is 2. The first-order valence-electron chi connectivity index (χ1n) is 9.65. The number of anilines is 1. The van der Waals surface area contributed by atoms with Crippen LogP contribution in [0, 0.1) is 0 Å². The van der Waals surface area contributed by atoms with Crippen LogP contribution in [0.2, 0.25) is 0 Å². The largest absolute Gasteiger partial charge is 0.508 e. The van der Waals surface area contributed by atoms with Crippen LogP contribution in [0.3, 0.4) is 0 Å². The number of phenolic OH excluding ortho intramolecular Hbond substituents is 1. The first kappa shape index (κ1) is 21.1. The lowest BCUT2D eigenvalue weighted by atomic mass is 9.87. The third kappa shape index (κ3) is 4.35. The number of carbonyl (C=O) groups is 2. The van der Waals surface area contributed by atoms with E-state index in [1.54, 1.807) is 26.0 Å². The molecular weight excluding hydrogens is 380 g/mol. The molecule has 2 aromatic rings. The minimum absolute atomic E-state index is 0.000189. The van der Waals surface area contributed by atoms with E-state index in [4.69, 9.17) is 0 Å². The number of phenols is 1. The Hall–Kier alpha value is -3.61. The van der Waals surface area contributed by atoms with E-state index in [2.05, 4.69) is 36.7 Å². The quantitative estimate of drug-likeness (QED) is 0.534. The van der Waals surface area contributed by atoms with Crippen LogP contribution >= 0.6 is 0 Å². The number of hydrogen-bond acceptors (Lipinski definition) is 5. The number of allylic oxidation sites excluding steroid dienone is 1. The van der Waals surface area contributed by atoms with Gasteiger partial charge >= 0.3 is 0 Å². The molecule has 0 bridgehead atoms. The molecule has 1 aliphatic heterocycles. The van der Waals surface area contributed by atoms with Crippen LogP contribution in [0.5, 0.6) is 5.75 Å². The van der Waals surface area contributed by atoms with Crippen molar-refractivity contribution >= 4 is 23.2 Å². The zero-order chi connectivity index (χ0) is 22.1. The van der Waals surface area contributed by atoms with Gasteiger partial charge in [0.25, 0.3) is 11.8 Å². The molecule has 0 aromatic heterocycles. The summed E-state index contributed by atoms with van der Waals surface area (Å²) in [5.74, 6) is -0.701. The van der Waals surface area contributed by atoms with Crippen molar-refractivity contribution in [2.75, 3.05) is 5.01 Å². The lowest BCUT2D eigenvalue weighted by Gasteiger charge is -2.20. The second-order valence-electron chi connectivity index (χ2n) is 8.23. The van der Waals surface area contributed by atoms with E-state index in [0.29, 0.717) is 28.2 Å². The SMILES string of the molecule is CC1=NN(c2ccc(C(C)(C)C)cc2)C(=O)/C1=C(/C)NNC(=O)c1cccc(O)c1. The van der Waals surface area contributed by atoms with Gasteiger partial charge in [0.05, 0.1) is 17.0 Å². The Bertz CT molecular complexity index is 1050. The highest BCUT2D eigenvalue weighted by atomic mass is 16.3. The zero-order valence-corrected chi connectivity index (χ0v) is 17.8. The molecule has 0 atom stereocenters. The molecule has 1 aliphatic rings. The second kappa shape index (κ2) is 8.02. The van der Waals surface area contributed by atoms with Crippen LogP contribution in [0.25, 0.3) is 0 Å². The highest BCUT2D eigenvalue weighted by Gasteiger charge is 2.31. The number of rotatable bonds is 4. The van der Waals surface area contributed by atoms with Crippen molar-refractivity contribution in [3.8, 4) is 5.75 Å². The lowest BCUT2D eigenvalue weighted by molar-refractivity contribution is -0.114. The Kier molecular flexibility index (Phi) is 5.64. The number of hydrazine groups is 1. The third-order valence-corrected chi connectivity index (χ3v) is 4.84. The first-order chi connectivity index (χ1) is 14.1. The standard InChI is InChI=1S/C23H26N4O3/c1-14(24-25-21(29)16-7-6-8-19(28)13-16)20-15(2)26-27(22(20)30)18-11-9-17(10-12-18)23(3,4)5/h6-13,24,28H,1-5H3,(H,25,29)/b20-14-. The molecule has 0 spiro atoms. The lowest BCUT2D eigenvalue weighted by Crippen LogP contribution is -2.37. The summed E-state index contributed by atoms with van der Waals surface area (Å²) >= 11 is 0. The zero-order valence-electron chi connectivity index (χ0n) is 17.8. The maximum atomic E-state index is 13.0. The first-order valence-corrected chi connectivity index (χ1v) is 9.65. The molecule has 0 aliphatic carbocycles. The van der Waals surface area contributed by atoms with Crippen LogP contribution in [0.4, 0.5) is 5.69 Å². The topological polar surface area (TPSA) is 94.0 Å². The highest BCUT2D eigenvalue weighted by molar-refractivity contribution is 6.30. The smallest absolute Gasteiger partial charge is 0.282 e. The average Bonchev–Trinajstić information content (AvgIpc) is 2.99. The van der Waals surface area contributed by atoms with E-state index in [1.807, 2.05) is 24.3 Å². The van der Waals surface area contributed by atoms with E-state index in [-0.39, 0.29) is 17.1 Å². The fourth-order valence-corrected chi connectivity index (χ4v) is 3.15. The molecule has 1 heterocycles. The number of benzene rings is 2. The highest BCUT2D eigenvalue weighted by Crippen LogP contribution is 2.28. The normalized spacial score (nSPS) is 15.7. The molecule has 2 aromatic carbocycles. The van der Waals surface area contributed by atoms with E-state index in [0.717, 1.165) is 0 Å². The monoisotopic (exact) mass is 406 g/mol. The van der Waals surface area contributed by atoms with E-state index in [9.17, 15) is 14.7 Å². The summed E-state index contributed by atoms with van der Waals surface area (Å²) in [5.41, 5.74) is 8.90. The van der Waals surface area contributed by atoms with Gasteiger partial charge in [-0.25, -0.2) is 0 Å². The second-order valence-corrected chi connectivity index (χ2v) is 8.23. The molecule has 0 saturated carbocycles. The summed E-state index contributed by atoms with van der Waals surface area (Å²) in [5, 5.41) is 15.3. The molecule has 0 saturated heterocycles. The van der Waals surface area contributed by atoms with Crippen molar-refractivity contribution in [3.05, 3.63) is 70.9 Å². The fraction of sp³-hybridized carbons (Fsp3) is 0.261. The average molecular weight is 406 g/mol. The van der Waals surface area contributed by atoms with Gasteiger partial charge in [-0.05, 0) is 55.2 Å². The van der Waals surface area contributed by atoms with Crippen molar-refractivity contribution in [3.63, 3.8) is 0 Å². The number of carbonyl (C=O) groups excluding carboxylic acids is 2. The molecular formula is C23H26N4O3. The molecule has 0 radical (unpaired) electrons. The number of nitrogens with one attached hydrogen (secondary N) is 2. The summed E-state index contributed by atoms with van der Waals surface area (Å²) in [4.78, 5) is 25.2.